The third kappa shape index (κ3) is 4.96. The Balaban J connectivity index is 1.97. The lowest BCUT2D eigenvalue weighted by atomic mass is 10.0. The molecule has 0 aliphatic heterocycles. The van der Waals surface area contributed by atoms with Crippen LogP contribution in [0.5, 0.6) is 0 Å². The van der Waals surface area contributed by atoms with Gasteiger partial charge in [-0.1, -0.05) is 18.5 Å². The fourth-order valence-corrected chi connectivity index (χ4v) is 3.18. The standard InChI is InChI=1S/C20H24ClFN6O4/c1-10(2)26-16-4-15(13-7-25-28-8-12(21)5-24-18(13)28)23-6-14(16)19(30)27-20(31,32)17(22)11(3)9-29/h4-8,10-11,17,29,31-32H,9H2,1-3H3,(H,23,26)(H,27,30). The molecule has 10 nitrogen and oxygen atoms in total. The van der Waals surface area contributed by atoms with E-state index in [9.17, 15) is 19.4 Å². The Kier molecular flexibility index (Phi) is 6.94. The average Bonchev–Trinajstić information content (AvgIpc) is 3.14. The van der Waals surface area contributed by atoms with Gasteiger partial charge < -0.3 is 20.6 Å². The number of aliphatic hydroxyl groups excluding tert-OH is 1. The highest BCUT2D eigenvalue weighted by Crippen LogP contribution is 2.27. The summed E-state index contributed by atoms with van der Waals surface area (Å²) in [6.45, 7) is 4.35. The van der Waals surface area contributed by atoms with Crippen LogP contribution >= 0.6 is 11.6 Å². The van der Waals surface area contributed by atoms with Crippen LogP contribution < -0.4 is 10.6 Å². The molecular formula is C20H24ClFN6O4. The number of hydrogen-bond acceptors (Lipinski definition) is 8. The largest absolute Gasteiger partial charge is 0.396 e. The van der Waals surface area contributed by atoms with Crippen LogP contribution in [0.1, 0.15) is 31.1 Å². The van der Waals surface area contributed by atoms with E-state index in [1.165, 1.54) is 23.8 Å². The first-order valence-electron chi connectivity index (χ1n) is 9.81. The molecule has 5 N–H and O–H groups in total. The lowest BCUT2D eigenvalue weighted by molar-refractivity contribution is -0.230. The molecule has 3 heterocycles. The zero-order valence-electron chi connectivity index (χ0n) is 17.6. The fraction of sp³-hybridized carbons (Fsp3) is 0.400. The van der Waals surface area contributed by atoms with E-state index < -0.39 is 30.5 Å². The molecule has 32 heavy (non-hydrogen) atoms. The Morgan fingerprint density at radius 1 is 1.25 bits per heavy atom. The van der Waals surface area contributed by atoms with Gasteiger partial charge in [-0.05, 0) is 19.9 Å². The normalized spacial score (nSPS) is 13.9. The van der Waals surface area contributed by atoms with Gasteiger partial charge >= 0.3 is 0 Å². The molecule has 1 amide bonds. The number of anilines is 1. The number of fused-ring (bicyclic) bond motifs is 1. The maximum atomic E-state index is 14.3. The Morgan fingerprint density at radius 2 is 1.97 bits per heavy atom. The molecule has 0 bridgehead atoms. The Labute approximate surface area is 188 Å². The number of nitrogens with zero attached hydrogens (tertiary/aromatic N) is 4. The number of alkyl halides is 1. The van der Waals surface area contributed by atoms with Gasteiger partial charge in [0.2, 0.25) is 0 Å². The van der Waals surface area contributed by atoms with Crippen LogP contribution in [0.3, 0.4) is 0 Å². The molecule has 2 unspecified atom stereocenters. The second-order valence-electron chi connectivity index (χ2n) is 7.75. The first-order valence-corrected chi connectivity index (χ1v) is 10.2. The first kappa shape index (κ1) is 23.8. The van der Waals surface area contributed by atoms with E-state index in [2.05, 4.69) is 20.4 Å². The number of hydrogen-bond donors (Lipinski definition) is 5. The maximum Gasteiger partial charge on any atom is 0.279 e. The predicted molar refractivity (Wildman–Crippen MR) is 116 cm³/mol. The molecule has 3 rings (SSSR count). The van der Waals surface area contributed by atoms with Gasteiger partial charge in [0.05, 0.1) is 39.9 Å². The Bertz CT molecular complexity index is 1120. The molecule has 0 radical (unpaired) electrons. The van der Waals surface area contributed by atoms with Gasteiger partial charge in [-0.15, -0.1) is 0 Å². The number of rotatable bonds is 8. The smallest absolute Gasteiger partial charge is 0.279 e. The average molecular weight is 467 g/mol. The second-order valence-corrected chi connectivity index (χ2v) is 8.19. The van der Waals surface area contributed by atoms with E-state index in [1.54, 1.807) is 18.5 Å². The third-order valence-electron chi connectivity index (χ3n) is 4.66. The van der Waals surface area contributed by atoms with E-state index in [-0.39, 0.29) is 11.6 Å². The minimum absolute atomic E-state index is 0.0359. The van der Waals surface area contributed by atoms with E-state index >= 15 is 0 Å². The van der Waals surface area contributed by atoms with Crippen molar-refractivity contribution in [3.63, 3.8) is 0 Å². The molecule has 172 valence electrons. The summed E-state index contributed by atoms with van der Waals surface area (Å²) in [4.78, 5) is 21.3. The van der Waals surface area contributed by atoms with Crippen LogP contribution in [0.25, 0.3) is 16.9 Å². The van der Waals surface area contributed by atoms with Crippen molar-refractivity contribution >= 4 is 28.8 Å². The number of pyridine rings is 1. The summed E-state index contributed by atoms with van der Waals surface area (Å²) in [5, 5.41) is 38.6. The van der Waals surface area contributed by atoms with Gasteiger partial charge in [0.15, 0.2) is 11.8 Å². The van der Waals surface area contributed by atoms with Gasteiger partial charge in [0, 0.05) is 31.0 Å². The highest BCUT2D eigenvalue weighted by atomic mass is 35.5. The molecule has 12 heteroatoms. The summed E-state index contributed by atoms with van der Waals surface area (Å²) in [5.41, 5.74) is 1.83. The summed E-state index contributed by atoms with van der Waals surface area (Å²) in [6.07, 6.45) is 3.52. The summed E-state index contributed by atoms with van der Waals surface area (Å²) in [7, 11) is 0. The molecule has 3 aromatic heterocycles. The predicted octanol–water partition coefficient (Wildman–Crippen LogP) is 1.60. The van der Waals surface area contributed by atoms with Crippen LogP contribution in [-0.2, 0) is 0 Å². The van der Waals surface area contributed by atoms with Gasteiger partial charge in [-0.3, -0.25) is 15.1 Å². The quantitative estimate of drug-likeness (QED) is 0.315. The molecule has 0 saturated heterocycles. The van der Waals surface area contributed by atoms with E-state index in [0.717, 1.165) is 0 Å². The number of halogens is 2. The van der Waals surface area contributed by atoms with Crippen molar-refractivity contribution in [1.82, 2.24) is 24.9 Å². The van der Waals surface area contributed by atoms with Crippen molar-refractivity contribution in [3.8, 4) is 11.3 Å². The number of aliphatic hydroxyl groups is 3. The first-order chi connectivity index (χ1) is 15.0. The summed E-state index contributed by atoms with van der Waals surface area (Å²) in [5.74, 6) is -5.26. The number of amides is 1. The van der Waals surface area contributed by atoms with Crippen LogP contribution in [0, 0.1) is 5.92 Å². The number of aromatic nitrogens is 4. The van der Waals surface area contributed by atoms with Crippen LogP contribution in [-0.4, -0.2) is 65.5 Å². The van der Waals surface area contributed by atoms with E-state index in [1.807, 2.05) is 19.2 Å². The van der Waals surface area contributed by atoms with Crippen molar-refractivity contribution < 1.29 is 24.5 Å². The molecular weight excluding hydrogens is 443 g/mol. The lowest BCUT2D eigenvalue weighted by Crippen LogP contribution is -2.57. The van der Waals surface area contributed by atoms with Crippen molar-refractivity contribution in [2.24, 2.45) is 5.92 Å². The van der Waals surface area contributed by atoms with Gasteiger partial charge in [-0.25, -0.2) is 13.9 Å². The zero-order chi connectivity index (χ0) is 23.6. The van der Waals surface area contributed by atoms with Crippen LogP contribution in [0.2, 0.25) is 5.02 Å². The third-order valence-corrected chi connectivity index (χ3v) is 4.86. The van der Waals surface area contributed by atoms with E-state index in [4.69, 9.17) is 16.7 Å². The Hall–Kier alpha value is -2.86. The molecule has 2 atom stereocenters. The minimum Gasteiger partial charge on any atom is -0.396 e. The minimum atomic E-state index is -3.18. The Morgan fingerprint density at radius 3 is 2.62 bits per heavy atom. The van der Waals surface area contributed by atoms with Crippen molar-refractivity contribution in [2.75, 3.05) is 11.9 Å². The highest BCUT2D eigenvalue weighted by Gasteiger charge is 2.40. The number of nitrogens with one attached hydrogen (secondary N) is 2. The highest BCUT2D eigenvalue weighted by molar-refractivity contribution is 6.30. The SMILES string of the molecule is CC(C)Nc1cc(-c2cnn3cc(Cl)cnc23)ncc1C(=O)NC(O)(O)C(F)C(C)CO. The zero-order valence-corrected chi connectivity index (χ0v) is 18.4. The van der Waals surface area contributed by atoms with E-state index in [0.29, 0.717) is 27.6 Å². The number of carbonyl (C=O) groups is 1. The molecule has 0 aliphatic rings. The molecule has 3 aromatic rings. The van der Waals surface area contributed by atoms with Crippen LogP contribution in [0.4, 0.5) is 10.1 Å². The van der Waals surface area contributed by atoms with Crippen molar-refractivity contribution in [2.45, 2.75) is 38.9 Å². The molecule has 0 aromatic carbocycles. The molecule has 0 aliphatic carbocycles. The lowest BCUT2D eigenvalue weighted by Gasteiger charge is -2.29. The van der Waals surface area contributed by atoms with Crippen molar-refractivity contribution in [1.29, 1.82) is 0 Å². The summed E-state index contributed by atoms with van der Waals surface area (Å²) in [6, 6.07) is 1.50. The maximum absolute atomic E-state index is 14.3. The van der Waals surface area contributed by atoms with Gasteiger partial charge in [-0.2, -0.15) is 5.10 Å². The summed E-state index contributed by atoms with van der Waals surface area (Å²) >= 11 is 5.94. The van der Waals surface area contributed by atoms with Crippen molar-refractivity contribution in [3.05, 3.63) is 41.4 Å². The number of carbonyl (C=O) groups excluding carboxylic acids is 1. The summed E-state index contributed by atoms with van der Waals surface area (Å²) < 4.78 is 15.7. The molecule has 0 fully saturated rings. The molecule has 0 saturated carbocycles. The van der Waals surface area contributed by atoms with Crippen LogP contribution in [0.15, 0.2) is 30.9 Å². The van der Waals surface area contributed by atoms with Gasteiger partial charge in [0.25, 0.3) is 11.8 Å². The monoisotopic (exact) mass is 466 g/mol. The topological polar surface area (TPSA) is 145 Å². The second kappa shape index (κ2) is 9.33. The molecule has 0 spiro atoms. The van der Waals surface area contributed by atoms with Gasteiger partial charge in [0.1, 0.15) is 0 Å². The fourth-order valence-electron chi connectivity index (χ4n) is 3.04.